The molecule has 0 aromatic rings. The number of likely N-dealkylation sites (tertiary alicyclic amines) is 4. The third-order valence-electron chi connectivity index (χ3n) is 23.6. The zero-order valence-electron chi connectivity index (χ0n) is 78.7. The van der Waals surface area contributed by atoms with Gasteiger partial charge in [-0.1, -0.05) is 27.7 Å². The molecule has 0 aromatic heterocycles. The molecular weight excluding hydrogens is 1810 g/mol. The van der Waals surface area contributed by atoms with E-state index in [1.807, 2.05) is 0 Å². The third-order valence-corrected chi connectivity index (χ3v) is 23.6. The van der Waals surface area contributed by atoms with Crippen LogP contribution >= 0.6 is 0 Å². The minimum Gasteiger partial charge on any atom is -0.481 e. The monoisotopic (exact) mass is 1950 g/mol. The topological polar surface area (TPSA) is 829 Å². The van der Waals surface area contributed by atoms with Crippen LogP contribution in [0.4, 0.5) is 0 Å². The van der Waals surface area contributed by atoms with Crippen LogP contribution in [0, 0.1) is 22.7 Å². The zero-order chi connectivity index (χ0) is 103. The molecule has 0 bridgehead atoms. The van der Waals surface area contributed by atoms with Crippen molar-refractivity contribution in [3.05, 3.63) is 0 Å². The first-order valence-corrected chi connectivity index (χ1v) is 45.7. The van der Waals surface area contributed by atoms with Crippen molar-refractivity contribution < 1.29 is 136 Å². The van der Waals surface area contributed by atoms with E-state index >= 15 is 0 Å². The molecule has 137 heavy (non-hydrogen) atoms. The van der Waals surface area contributed by atoms with E-state index in [2.05, 4.69) is 95.7 Å². The Bertz CT molecular complexity index is 4340. The summed E-state index contributed by atoms with van der Waals surface area (Å²) in [5, 5.41) is 131. The molecule has 5 saturated heterocycles. The molecule has 5 rings (SSSR count). The number of carbonyl (C=O) groups excluding carboxylic acids is 19. The number of carbonyl (C=O) groups is 21. The van der Waals surface area contributed by atoms with Crippen molar-refractivity contribution in [1.29, 1.82) is 10.8 Å². The number of amides is 19. The maximum absolute atomic E-state index is 14.5. The number of aliphatic hydroxyl groups is 5. The average Bonchev–Trinajstić information content (AvgIpc) is 1.66. The third kappa shape index (κ3) is 34.4. The lowest BCUT2D eigenvalue weighted by Crippen LogP contribution is -2.63. The molecule has 5 fully saturated rings. The number of carboxylic acids is 2. The molecule has 768 valence electrons. The lowest BCUT2D eigenvalue weighted by molar-refractivity contribution is -0.148. The lowest BCUT2D eigenvalue weighted by Gasteiger charge is -2.33. The maximum atomic E-state index is 14.5. The Labute approximate surface area is 790 Å². The summed E-state index contributed by atoms with van der Waals surface area (Å²) < 4.78 is 0. The Kier molecular flexibility index (Phi) is 45.9. The predicted molar refractivity (Wildman–Crippen MR) is 480 cm³/mol. The number of nitrogens with two attached hydrogens (primary N) is 2. The van der Waals surface area contributed by atoms with E-state index in [4.69, 9.17) is 22.3 Å². The summed E-state index contributed by atoms with van der Waals surface area (Å²) in [5.74, 6) is -23.6. The number of nitrogens with one attached hydrogen (secondary N) is 20. The Morgan fingerprint density at radius 1 is 0.358 bits per heavy atom. The first-order valence-electron chi connectivity index (χ1n) is 45.7. The van der Waals surface area contributed by atoms with Gasteiger partial charge in [0, 0.05) is 39.3 Å². The molecule has 5 aliphatic rings. The van der Waals surface area contributed by atoms with Gasteiger partial charge in [-0.05, 0) is 157 Å². The summed E-state index contributed by atoms with van der Waals surface area (Å²) >= 11 is 0. The quantitative estimate of drug-likeness (QED) is 0.0153. The van der Waals surface area contributed by atoms with Crippen LogP contribution in [0.5, 0.6) is 0 Å². The normalized spacial score (nSPS) is 20.5. The van der Waals surface area contributed by atoms with Crippen LogP contribution in [0.3, 0.4) is 0 Å². The van der Waals surface area contributed by atoms with Gasteiger partial charge in [-0.2, -0.15) is 0 Å². The summed E-state index contributed by atoms with van der Waals surface area (Å²) in [6.45, 7) is 12.5. The summed E-state index contributed by atoms with van der Waals surface area (Å²) in [7, 11) is 0. The SMILES string of the molecule is CC(C)[C@H](NC(=O)[C@H](C)NC(=O)[C@@H]1CCCN1C(=O)[C@@H]1CCCN1C(=O)[C@H](C)NC(=O)[C@@H](NC(=O)[C@H](CO)NC(=O)CNC(=O)[C@@H]1CCCN1C(=O)[C@H](C)NC(=O)[C@@H]1CCCN1)[C@@H](C)O)C(=O)N[C@@H](CCCNC(=N)N)C(=O)N[C@H](C(=O)N[C@H](C(=O)N[C@@H](CO)C(=O)N[C@@H](C)C(=O)N1CCC[C@H]1C(=O)N[C@@H](CC(=O)O)C(=O)N[C@H](C(=O)N[C@@H](CCCNC(=N)N)C(=O)O)[C@@H](C)O)[C@@H](C)O)C(C)C. The largest absolute Gasteiger partial charge is 0.481 e. The van der Waals surface area contributed by atoms with Gasteiger partial charge in [-0.15, -0.1) is 0 Å². The number of hydrogen-bond donors (Lipinski definition) is 29. The Morgan fingerprint density at radius 2 is 0.708 bits per heavy atom. The van der Waals surface area contributed by atoms with Gasteiger partial charge < -0.3 is 163 Å². The van der Waals surface area contributed by atoms with Crippen LogP contribution in [0.2, 0.25) is 0 Å². The number of carboxylic acid groups (broad SMARTS) is 2. The number of aliphatic hydroxyl groups excluding tert-OH is 5. The number of rotatable bonds is 52. The minimum absolute atomic E-state index is 0.0183. The summed E-state index contributed by atoms with van der Waals surface area (Å²) in [6.07, 6.45) is -3.54. The first kappa shape index (κ1) is 115. The lowest BCUT2D eigenvalue weighted by atomic mass is 9.99. The molecule has 0 spiro atoms. The molecule has 0 radical (unpaired) electrons. The van der Waals surface area contributed by atoms with Crippen molar-refractivity contribution in [3.8, 4) is 0 Å². The second kappa shape index (κ2) is 54.8. The van der Waals surface area contributed by atoms with Gasteiger partial charge >= 0.3 is 11.9 Å². The van der Waals surface area contributed by atoms with Crippen LogP contribution < -0.4 is 107 Å². The highest BCUT2D eigenvalue weighted by atomic mass is 16.4. The Hall–Kier alpha value is -12.8. The van der Waals surface area contributed by atoms with E-state index in [1.165, 1.54) is 56.2 Å². The van der Waals surface area contributed by atoms with Crippen molar-refractivity contribution in [1.82, 2.24) is 115 Å². The van der Waals surface area contributed by atoms with Gasteiger partial charge in [-0.25, -0.2) is 4.79 Å². The van der Waals surface area contributed by atoms with E-state index in [0.717, 1.165) is 32.1 Å². The van der Waals surface area contributed by atoms with E-state index in [-0.39, 0.29) is 103 Å². The molecule has 0 aliphatic carbocycles. The predicted octanol–water partition coefficient (Wildman–Crippen LogP) is -12.8. The van der Waals surface area contributed by atoms with Crippen LogP contribution in [0.1, 0.15) is 172 Å². The Morgan fingerprint density at radius 3 is 1.16 bits per heavy atom. The highest BCUT2D eigenvalue weighted by Crippen LogP contribution is 2.27. The molecule has 0 unspecified atom stereocenters. The fourth-order valence-corrected chi connectivity index (χ4v) is 16.0. The molecule has 54 nitrogen and oxygen atoms in total. The van der Waals surface area contributed by atoms with Gasteiger partial charge in [-0.3, -0.25) is 107 Å². The summed E-state index contributed by atoms with van der Waals surface area (Å²) in [6, 6.07) is -27.9. The summed E-state index contributed by atoms with van der Waals surface area (Å²) in [4.78, 5) is 291. The molecule has 0 aromatic carbocycles. The van der Waals surface area contributed by atoms with Crippen molar-refractivity contribution in [2.75, 3.05) is 65.6 Å². The molecule has 5 heterocycles. The van der Waals surface area contributed by atoms with E-state index in [0.29, 0.717) is 32.2 Å². The van der Waals surface area contributed by atoms with Gasteiger partial charge in [0.25, 0.3) is 0 Å². The number of aliphatic carboxylic acids is 2. The maximum Gasteiger partial charge on any atom is 0.326 e. The van der Waals surface area contributed by atoms with E-state index in [9.17, 15) is 136 Å². The van der Waals surface area contributed by atoms with Crippen molar-refractivity contribution in [2.24, 2.45) is 23.3 Å². The molecule has 31 N–H and O–H groups in total. The van der Waals surface area contributed by atoms with Crippen LogP contribution in [-0.4, -0.2) is 390 Å². The highest BCUT2D eigenvalue weighted by Gasteiger charge is 2.47. The molecular formula is C83H138N26O28. The second-order valence-electron chi connectivity index (χ2n) is 35.3. The zero-order valence-corrected chi connectivity index (χ0v) is 78.7. The van der Waals surface area contributed by atoms with E-state index in [1.54, 1.807) is 13.8 Å². The van der Waals surface area contributed by atoms with Crippen LogP contribution in [0.25, 0.3) is 0 Å². The van der Waals surface area contributed by atoms with Crippen molar-refractivity contribution >= 4 is 136 Å². The number of nitrogens with zero attached hydrogens (tertiary/aromatic N) is 4. The molecule has 0 saturated carbocycles. The van der Waals surface area contributed by atoms with Crippen molar-refractivity contribution in [2.45, 2.75) is 306 Å². The molecule has 19 amide bonds. The average molecular weight is 1950 g/mol. The summed E-state index contributed by atoms with van der Waals surface area (Å²) in [5.41, 5.74) is 10.7. The van der Waals surface area contributed by atoms with Crippen LogP contribution in [0.15, 0.2) is 0 Å². The molecule has 54 heteroatoms. The molecule has 22 atom stereocenters. The van der Waals surface area contributed by atoms with Crippen LogP contribution in [-0.2, 0) is 101 Å². The van der Waals surface area contributed by atoms with Gasteiger partial charge in [0.1, 0.15) is 109 Å². The number of hydrogen-bond acceptors (Lipinski definition) is 29. The fourth-order valence-electron chi connectivity index (χ4n) is 16.0. The van der Waals surface area contributed by atoms with E-state index < -0.39 is 301 Å². The fraction of sp³-hybridized carbons (Fsp3) is 0.723. The molecule has 5 aliphatic heterocycles. The standard InChI is InChI=1S/C83H138N26O28/c1-37(2)58(101-63(118)39(5)92-70(125)53-23-17-31-108(53)80(135)55-25-18-32-109(55)79(134)42(8)95-74(129)60(43(9)112)104-68(123)50(35-110)96-56(115)34-91-69(124)52-22-15-29-106(52)77(132)40(6)93-64(119)46-19-12-26-88-46)72(127)97-47(20-13-27-89-82(84)85)65(120)102-59(38(3)4)73(128)105-62(45(11)114)76(131)100-51(36-111)67(122)94-41(7)78(133)107-30-16-24-54(107)71(126)99-49(33-57(116)117)66(121)103-61(44(10)113)75(130)98-48(81(136)137)21-14-28-90-83(86)87/h37-55,58-62,88,110-114H,12-36H2,1-11H3,(H,91,124)(H,92,125)(H,93,119)(H,94,122)(H,95,129)(H,96,115)(H,97,127)(H,98,130)(H,99,126)(H,100,131)(H,101,118)(H,102,120)(H,103,121)(H,104,123)(H,105,128)(H,116,117)(H,136,137)(H4,84,85,89)(H4,86,87,90)/t39-,40-,41-,42-,43+,44+,45+,46-,47-,48-,49-,50-,51-,52-,53-,54-,55-,58-,59-,60-,61-,62-/m0/s1. The minimum atomic E-state index is -1.97. The van der Waals surface area contributed by atoms with Gasteiger partial charge in [0.15, 0.2) is 11.9 Å². The van der Waals surface area contributed by atoms with Gasteiger partial charge in [0.2, 0.25) is 112 Å². The van der Waals surface area contributed by atoms with Gasteiger partial charge in [0.05, 0.1) is 50.5 Å². The highest BCUT2D eigenvalue weighted by molar-refractivity contribution is 6.03. The first-order chi connectivity index (χ1) is 64.3. The number of guanidine groups is 2. The Balaban J connectivity index is 1.16. The van der Waals surface area contributed by atoms with Crippen molar-refractivity contribution in [3.63, 3.8) is 0 Å². The smallest absolute Gasteiger partial charge is 0.326 e. The second-order valence-corrected chi connectivity index (χ2v) is 35.3.